The van der Waals surface area contributed by atoms with Gasteiger partial charge in [-0.05, 0) is 64.5 Å². The molecular weight excluding hydrogens is 244 g/mol. The van der Waals surface area contributed by atoms with E-state index in [-0.39, 0.29) is 0 Å². The van der Waals surface area contributed by atoms with Gasteiger partial charge < -0.3 is 9.80 Å². The highest BCUT2D eigenvalue weighted by Crippen LogP contribution is 2.27. The summed E-state index contributed by atoms with van der Waals surface area (Å²) in [5.41, 5.74) is 0. The highest BCUT2D eigenvalue weighted by molar-refractivity contribution is 4.83. The lowest BCUT2D eigenvalue weighted by Gasteiger charge is -2.41. The standard InChI is InChI=1S/C18H36N2/c1-5-16-9-10-18(19(4)13-16)11-12-20-14-17(6-2)8-7-15(20)3/h15-18H,5-14H2,1-4H3/t15-,16-,17+,18-/m1/s1. The maximum Gasteiger partial charge on any atom is 0.0105 e. The van der Waals surface area contributed by atoms with Crippen LogP contribution in [0, 0.1) is 11.8 Å². The summed E-state index contributed by atoms with van der Waals surface area (Å²) < 4.78 is 0. The van der Waals surface area contributed by atoms with Gasteiger partial charge in [-0.25, -0.2) is 0 Å². The predicted octanol–water partition coefficient (Wildman–Crippen LogP) is 4.01. The summed E-state index contributed by atoms with van der Waals surface area (Å²) in [7, 11) is 2.35. The summed E-state index contributed by atoms with van der Waals surface area (Å²) in [6, 6.07) is 1.65. The van der Waals surface area contributed by atoms with E-state index < -0.39 is 0 Å². The Morgan fingerprint density at radius 2 is 1.55 bits per heavy atom. The van der Waals surface area contributed by atoms with Crippen LogP contribution in [0.1, 0.15) is 65.7 Å². The SMILES string of the molecule is CC[C@@H]1CC[C@H](CCN2C[C@@H](CC)CC[C@H]2C)N(C)C1. The summed E-state index contributed by atoms with van der Waals surface area (Å²) >= 11 is 0. The van der Waals surface area contributed by atoms with E-state index in [9.17, 15) is 0 Å². The van der Waals surface area contributed by atoms with Gasteiger partial charge in [0.15, 0.2) is 0 Å². The highest BCUT2D eigenvalue weighted by Gasteiger charge is 2.28. The molecule has 0 amide bonds. The van der Waals surface area contributed by atoms with E-state index in [1.54, 1.807) is 0 Å². The van der Waals surface area contributed by atoms with Gasteiger partial charge in [-0.1, -0.05) is 26.7 Å². The summed E-state index contributed by atoms with van der Waals surface area (Å²) in [6.07, 6.45) is 9.86. The molecule has 0 spiro atoms. The van der Waals surface area contributed by atoms with Gasteiger partial charge in [0, 0.05) is 25.2 Å². The lowest BCUT2D eigenvalue weighted by atomic mass is 9.88. The Morgan fingerprint density at radius 1 is 0.900 bits per heavy atom. The maximum absolute atomic E-state index is 2.78. The molecule has 0 unspecified atom stereocenters. The lowest BCUT2D eigenvalue weighted by Crippen LogP contribution is -2.46. The zero-order valence-corrected chi connectivity index (χ0v) is 14.3. The molecule has 2 rings (SSSR count). The van der Waals surface area contributed by atoms with Gasteiger partial charge in [0.05, 0.1) is 0 Å². The second-order valence-electron chi connectivity index (χ2n) is 7.43. The van der Waals surface area contributed by atoms with Gasteiger partial charge in [0.25, 0.3) is 0 Å². The van der Waals surface area contributed by atoms with Gasteiger partial charge >= 0.3 is 0 Å². The number of hydrogen-bond acceptors (Lipinski definition) is 2. The summed E-state index contributed by atoms with van der Waals surface area (Å²) in [6.45, 7) is 11.1. The molecule has 0 bridgehead atoms. The summed E-state index contributed by atoms with van der Waals surface area (Å²) in [5.74, 6) is 1.91. The van der Waals surface area contributed by atoms with Crippen molar-refractivity contribution in [3.63, 3.8) is 0 Å². The minimum Gasteiger partial charge on any atom is -0.303 e. The Morgan fingerprint density at radius 3 is 2.20 bits per heavy atom. The van der Waals surface area contributed by atoms with Crippen molar-refractivity contribution in [1.82, 2.24) is 9.80 Å². The van der Waals surface area contributed by atoms with Crippen molar-refractivity contribution in [3.05, 3.63) is 0 Å². The average molecular weight is 280 g/mol. The van der Waals surface area contributed by atoms with Crippen molar-refractivity contribution >= 4 is 0 Å². The maximum atomic E-state index is 2.78. The number of hydrogen-bond donors (Lipinski definition) is 0. The molecule has 2 nitrogen and oxygen atoms in total. The first-order valence-corrected chi connectivity index (χ1v) is 9.08. The fourth-order valence-corrected chi connectivity index (χ4v) is 4.22. The molecule has 0 saturated carbocycles. The van der Waals surface area contributed by atoms with Crippen LogP contribution in [-0.2, 0) is 0 Å². The lowest BCUT2D eigenvalue weighted by molar-refractivity contribution is 0.0810. The van der Waals surface area contributed by atoms with Crippen LogP contribution in [0.5, 0.6) is 0 Å². The third kappa shape index (κ3) is 4.21. The minimum absolute atomic E-state index is 0.815. The molecule has 2 heteroatoms. The third-order valence-electron chi connectivity index (χ3n) is 6.09. The molecule has 2 fully saturated rings. The monoisotopic (exact) mass is 280 g/mol. The van der Waals surface area contributed by atoms with Crippen molar-refractivity contribution < 1.29 is 0 Å². The molecule has 20 heavy (non-hydrogen) atoms. The Bertz CT molecular complexity index is 279. The van der Waals surface area contributed by atoms with E-state index in [0.29, 0.717) is 0 Å². The van der Waals surface area contributed by atoms with E-state index in [1.807, 2.05) is 0 Å². The molecule has 2 aliphatic heterocycles. The van der Waals surface area contributed by atoms with Crippen LogP contribution in [0.25, 0.3) is 0 Å². The smallest absolute Gasteiger partial charge is 0.0105 e. The Balaban J connectivity index is 1.76. The normalized spacial score (nSPS) is 37.2. The minimum atomic E-state index is 0.815. The molecule has 118 valence electrons. The van der Waals surface area contributed by atoms with Crippen LogP contribution in [0.2, 0.25) is 0 Å². The molecule has 2 aliphatic rings. The van der Waals surface area contributed by atoms with Gasteiger partial charge in [-0.2, -0.15) is 0 Å². The van der Waals surface area contributed by atoms with E-state index >= 15 is 0 Å². The Kier molecular flexibility index (Phi) is 6.35. The molecule has 0 aliphatic carbocycles. The zero-order valence-electron chi connectivity index (χ0n) is 14.3. The molecule has 0 aromatic rings. The molecule has 4 atom stereocenters. The van der Waals surface area contributed by atoms with Crippen molar-refractivity contribution in [2.24, 2.45) is 11.8 Å². The predicted molar refractivity (Wildman–Crippen MR) is 88.1 cm³/mol. The molecule has 0 N–H and O–H groups in total. The van der Waals surface area contributed by atoms with Crippen LogP contribution in [0.4, 0.5) is 0 Å². The first-order chi connectivity index (χ1) is 9.63. The van der Waals surface area contributed by atoms with Crippen LogP contribution >= 0.6 is 0 Å². The zero-order chi connectivity index (χ0) is 14.5. The number of nitrogens with zero attached hydrogens (tertiary/aromatic N) is 2. The highest BCUT2D eigenvalue weighted by atomic mass is 15.2. The number of rotatable bonds is 5. The second-order valence-corrected chi connectivity index (χ2v) is 7.43. The molecule has 2 heterocycles. The van der Waals surface area contributed by atoms with E-state index in [4.69, 9.17) is 0 Å². The third-order valence-corrected chi connectivity index (χ3v) is 6.09. The number of piperidine rings is 2. The average Bonchev–Trinajstić information content (AvgIpc) is 2.47. The van der Waals surface area contributed by atoms with Gasteiger partial charge in [0.2, 0.25) is 0 Å². The molecule has 0 aromatic carbocycles. The number of likely N-dealkylation sites (tertiary alicyclic amines) is 2. The molecule has 0 aromatic heterocycles. The first kappa shape index (κ1) is 16.3. The van der Waals surface area contributed by atoms with Gasteiger partial charge in [-0.3, -0.25) is 0 Å². The quantitative estimate of drug-likeness (QED) is 0.751. The van der Waals surface area contributed by atoms with E-state index in [2.05, 4.69) is 37.6 Å². The summed E-state index contributed by atoms with van der Waals surface area (Å²) in [4.78, 5) is 5.42. The fourth-order valence-electron chi connectivity index (χ4n) is 4.22. The van der Waals surface area contributed by atoms with Crippen LogP contribution in [-0.4, -0.2) is 48.6 Å². The van der Waals surface area contributed by atoms with Gasteiger partial charge in [-0.15, -0.1) is 0 Å². The van der Waals surface area contributed by atoms with E-state index in [1.165, 1.54) is 64.6 Å². The van der Waals surface area contributed by atoms with E-state index in [0.717, 1.165) is 23.9 Å². The Labute approximate surface area is 126 Å². The van der Waals surface area contributed by atoms with Gasteiger partial charge in [0.1, 0.15) is 0 Å². The van der Waals surface area contributed by atoms with Crippen molar-refractivity contribution in [1.29, 1.82) is 0 Å². The molecular formula is C18H36N2. The van der Waals surface area contributed by atoms with Crippen molar-refractivity contribution in [3.8, 4) is 0 Å². The van der Waals surface area contributed by atoms with Crippen molar-refractivity contribution in [2.75, 3.05) is 26.7 Å². The van der Waals surface area contributed by atoms with Crippen LogP contribution in [0.3, 0.4) is 0 Å². The molecule has 2 saturated heterocycles. The molecule has 0 radical (unpaired) electrons. The fraction of sp³-hybridized carbons (Fsp3) is 1.00. The van der Waals surface area contributed by atoms with Crippen LogP contribution < -0.4 is 0 Å². The Hall–Kier alpha value is -0.0800. The largest absolute Gasteiger partial charge is 0.303 e. The second kappa shape index (κ2) is 7.79. The first-order valence-electron chi connectivity index (χ1n) is 9.08. The van der Waals surface area contributed by atoms with Crippen molar-refractivity contribution in [2.45, 2.75) is 77.8 Å². The van der Waals surface area contributed by atoms with Crippen LogP contribution in [0.15, 0.2) is 0 Å². The topological polar surface area (TPSA) is 6.48 Å². The summed E-state index contributed by atoms with van der Waals surface area (Å²) in [5, 5.41) is 0.